The van der Waals surface area contributed by atoms with E-state index in [1.54, 1.807) is 0 Å². The number of furan rings is 1. The van der Waals surface area contributed by atoms with E-state index in [9.17, 15) is 5.11 Å². The Morgan fingerprint density at radius 1 is 1.07 bits per heavy atom. The third kappa shape index (κ3) is 4.15. The average molecular weight is 366 g/mol. The maximum absolute atomic E-state index is 11.0. The molecule has 1 fully saturated rings. The van der Waals surface area contributed by atoms with Crippen molar-refractivity contribution >= 4 is 0 Å². The van der Waals surface area contributed by atoms with Gasteiger partial charge in [-0.2, -0.15) is 0 Å². The van der Waals surface area contributed by atoms with Gasteiger partial charge in [-0.1, -0.05) is 35.5 Å². The summed E-state index contributed by atoms with van der Waals surface area (Å²) in [5.41, 5.74) is 2.30. The SMILES string of the molecule is Cc1cc(CN2CCC(O)(Cc3cc(-c4ccccc4)no3)CC2)oc1C. The van der Waals surface area contributed by atoms with E-state index in [4.69, 9.17) is 8.94 Å². The lowest BCUT2D eigenvalue weighted by Gasteiger charge is -2.37. The molecule has 5 heteroatoms. The Bertz CT molecular complexity index is 870. The van der Waals surface area contributed by atoms with Crippen LogP contribution in [0.2, 0.25) is 0 Å². The van der Waals surface area contributed by atoms with E-state index >= 15 is 0 Å². The zero-order chi connectivity index (χ0) is 18.9. The first-order valence-electron chi connectivity index (χ1n) is 9.52. The summed E-state index contributed by atoms with van der Waals surface area (Å²) >= 11 is 0. The van der Waals surface area contributed by atoms with Crippen LogP contribution in [0.25, 0.3) is 11.3 Å². The number of likely N-dealkylation sites (tertiary alicyclic amines) is 1. The summed E-state index contributed by atoms with van der Waals surface area (Å²) in [6.45, 7) is 6.54. The Morgan fingerprint density at radius 2 is 1.81 bits per heavy atom. The van der Waals surface area contributed by atoms with Gasteiger partial charge >= 0.3 is 0 Å². The van der Waals surface area contributed by atoms with Crippen molar-refractivity contribution in [2.45, 2.75) is 45.3 Å². The van der Waals surface area contributed by atoms with E-state index in [-0.39, 0.29) is 0 Å². The van der Waals surface area contributed by atoms with Gasteiger partial charge in [0.2, 0.25) is 0 Å². The van der Waals surface area contributed by atoms with Crippen LogP contribution in [-0.2, 0) is 13.0 Å². The van der Waals surface area contributed by atoms with Crippen LogP contribution in [0.3, 0.4) is 0 Å². The second-order valence-electron chi connectivity index (χ2n) is 7.67. The minimum absolute atomic E-state index is 0.500. The van der Waals surface area contributed by atoms with E-state index in [0.29, 0.717) is 19.3 Å². The number of aryl methyl sites for hydroxylation is 2. The zero-order valence-corrected chi connectivity index (χ0v) is 15.9. The molecule has 2 aromatic heterocycles. The molecule has 1 aliphatic rings. The largest absolute Gasteiger partial charge is 0.465 e. The molecule has 4 rings (SSSR count). The van der Waals surface area contributed by atoms with Crippen LogP contribution in [0.1, 0.15) is 35.7 Å². The molecular formula is C22H26N2O3. The highest BCUT2D eigenvalue weighted by atomic mass is 16.5. The van der Waals surface area contributed by atoms with Gasteiger partial charge in [-0.3, -0.25) is 4.90 Å². The normalized spacial score (nSPS) is 17.3. The minimum Gasteiger partial charge on any atom is -0.465 e. The highest BCUT2D eigenvalue weighted by molar-refractivity contribution is 5.58. The predicted octanol–water partition coefficient (Wildman–Crippen LogP) is 4.12. The van der Waals surface area contributed by atoms with Gasteiger partial charge in [0.05, 0.1) is 12.1 Å². The molecule has 0 radical (unpaired) electrons. The van der Waals surface area contributed by atoms with Crippen LogP contribution in [-0.4, -0.2) is 33.9 Å². The first-order chi connectivity index (χ1) is 13.0. The molecule has 1 aromatic carbocycles. The molecule has 0 spiro atoms. The lowest BCUT2D eigenvalue weighted by Crippen LogP contribution is -2.45. The molecule has 3 heterocycles. The third-order valence-electron chi connectivity index (χ3n) is 5.52. The summed E-state index contributed by atoms with van der Waals surface area (Å²) in [5, 5.41) is 15.2. The molecule has 1 N–H and O–H groups in total. The van der Waals surface area contributed by atoms with Crippen molar-refractivity contribution in [1.29, 1.82) is 0 Å². The number of nitrogens with zero attached hydrogens (tertiary/aromatic N) is 2. The van der Waals surface area contributed by atoms with Gasteiger partial charge in [-0.25, -0.2) is 0 Å². The monoisotopic (exact) mass is 366 g/mol. The van der Waals surface area contributed by atoms with Crippen molar-refractivity contribution in [2.24, 2.45) is 0 Å². The fourth-order valence-electron chi connectivity index (χ4n) is 3.72. The van der Waals surface area contributed by atoms with Gasteiger partial charge in [-0.15, -0.1) is 0 Å². The standard InChI is InChI=1S/C22H26N2O3/c1-16-12-20(26-17(16)2)15-24-10-8-22(25,9-11-24)14-19-13-21(23-27-19)18-6-4-3-5-7-18/h3-7,12-13,25H,8-11,14-15H2,1-2H3. The summed E-state index contributed by atoms with van der Waals surface area (Å²) in [6.07, 6.45) is 1.93. The number of rotatable bonds is 5. The summed E-state index contributed by atoms with van der Waals surface area (Å²) in [7, 11) is 0. The van der Waals surface area contributed by atoms with Crippen LogP contribution < -0.4 is 0 Å². The van der Waals surface area contributed by atoms with Gasteiger partial charge in [0.15, 0.2) is 0 Å². The maximum Gasteiger partial charge on any atom is 0.140 e. The van der Waals surface area contributed by atoms with Gasteiger partial charge < -0.3 is 14.0 Å². The molecule has 0 amide bonds. The Balaban J connectivity index is 1.35. The van der Waals surface area contributed by atoms with Crippen LogP contribution in [0, 0.1) is 13.8 Å². The van der Waals surface area contributed by atoms with Crippen molar-refractivity contribution in [3.63, 3.8) is 0 Å². The summed E-state index contributed by atoms with van der Waals surface area (Å²) < 4.78 is 11.3. The van der Waals surface area contributed by atoms with Crippen molar-refractivity contribution < 1.29 is 14.0 Å². The van der Waals surface area contributed by atoms with E-state index in [1.807, 2.05) is 43.3 Å². The summed E-state index contributed by atoms with van der Waals surface area (Å²) in [5.74, 6) is 2.72. The average Bonchev–Trinajstić information content (AvgIpc) is 3.24. The number of benzene rings is 1. The number of piperidine rings is 1. The molecule has 27 heavy (non-hydrogen) atoms. The molecule has 5 nitrogen and oxygen atoms in total. The van der Waals surface area contributed by atoms with Crippen LogP contribution >= 0.6 is 0 Å². The molecule has 0 aliphatic carbocycles. The van der Waals surface area contributed by atoms with Gasteiger partial charge in [0, 0.05) is 31.1 Å². The smallest absolute Gasteiger partial charge is 0.140 e. The topological polar surface area (TPSA) is 62.6 Å². The second-order valence-corrected chi connectivity index (χ2v) is 7.67. The Labute approximate surface area is 159 Å². The van der Waals surface area contributed by atoms with E-state index in [2.05, 4.69) is 23.0 Å². The number of hydrogen-bond donors (Lipinski definition) is 1. The lowest BCUT2D eigenvalue weighted by molar-refractivity contribution is -0.0277. The fraction of sp³-hybridized carbons (Fsp3) is 0.409. The number of hydrogen-bond acceptors (Lipinski definition) is 5. The van der Waals surface area contributed by atoms with Gasteiger partial charge in [-0.05, 0) is 38.3 Å². The van der Waals surface area contributed by atoms with Crippen molar-refractivity contribution in [1.82, 2.24) is 10.1 Å². The van der Waals surface area contributed by atoms with Crippen LogP contribution in [0.15, 0.2) is 51.4 Å². The Hall–Kier alpha value is -2.37. The fourth-order valence-corrected chi connectivity index (χ4v) is 3.72. The Kier molecular flexibility index (Phi) is 4.89. The van der Waals surface area contributed by atoms with Crippen molar-refractivity contribution in [2.75, 3.05) is 13.1 Å². The minimum atomic E-state index is -0.737. The van der Waals surface area contributed by atoms with E-state index < -0.39 is 5.60 Å². The summed E-state index contributed by atoms with van der Waals surface area (Å²) in [6, 6.07) is 14.0. The highest BCUT2D eigenvalue weighted by Crippen LogP contribution is 2.29. The van der Waals surface area contributed by atoms with Gasteiger partial charge in [0.25, 0.3) is 0 Å². The van der Waals surface area contributed by atoms with Gasteiger partial charge in [0.1, 0.15) is 23.0 Å². The predicted molar refractivity (Wildman–Crippen MR) is 103 cm³/mol. The van der Waals surface area contributed by atoms with E-state index in [0.717, 1.165) is 48.2 Å². The lowest BCUT2D eigenvalue weighted by atomic mass is 9.87. The molecule has 1 aliphatic heterocycles. The second kappa shape index (κ2) is 7.33. The Morgan fingerprint density at radius 3 is 2.48 bits per heavy atom. The quantitative estimate of drug-likeness (QED) is 0.736. The van der Waals surface area contributed by atoms with Crippen molar-refractivity contribution in [3.05, 3.63) is 65.3 Å². The first-order valence-corrected chi connectivity index (χ1v) is 9.52. The third-order valence-corrected chi connectivity index (χ3v) is 5.52. The molecule has 0 atom stereocenters. The molecule has 142 valence electrons. The van der Waals surface area contributed by atoms with Crippen LogP contribution in [0.4, 0.5) is 0 Å². The van der Waals surface area contributed by atoms with E-state index in [1.165, 1.54) is 5.56 Å². The molecule has 0 bridgehead atoms. The highest BCUT2D eigenvalue weighted by Gasteiger charge is 2.34. The molecule has 0 saturated carbocycles. The molecule has 3 aromatic rings. The maximum atomic E-state index is 11.0. The zero-order valence-electron chi connectivity index (χ0n) is 15.9. The van der Waals surface area contributed by atoms with Crippen LogP contribution in [0.5, 0.6) is 0 Å². The number of aliphatic hydroxyl groups is 1. The number of aromatic nitrogens is 1. The molecule has 0 unspecified atom stereocenters. The summed E-state index contributed by atoms with van der Waals surface area (Å²) in [4.78, 5) is 2.34. The molecular weight excluding hydrogens is 340 g/mol. The first kappa shape index (κ1) is 18.0. The molecule has 1 saturated heterocycles. The van der Waals surface area contributed by atoms with Crippen molar-refractivity contribution in [3.8, 4) is 11.3 Å².